The van der Waals surface area contributed by atoms with Crippen LogP contribution in [-0.4, -0.2) is 47.5 Å². The Hall–Kier alpha value is -1.76. The lowest BCUT2D eigenvalue weighted by molar-refractivity contribution is -0.116. The highest BCUT2D eigenvalue weighted by molar-refractivity contribution is 7.99. The van der Waals surface area contributed by atoms with Crippen molar-refractivity contribution in [3.8, 4) is 0 Å². The van der Waals surface area contributed by atoms with Gasteiger partial charge in [-0.1, -0.05) is 6.07 Å². The van der Waals surface area contributed by atoms with Crippen LogP contribution in [0.15, 0.2) is 23.3 Å². The summed E-state index contributed by atoms with van der Waals surface area (Å²) in [7, 11) is 0. The van der Waals surface area contributed by atoms with Gasteiger partial charge >= 0.3 is 0 Å². The molecule has 1 heterocycles. The van der Waals surface area contributed by atoms with E-state index in [9.17, 15) is 4.79 Å². The minimum Gasteiger partial charge on any atom is -0.357 e. The molecule has 0 aliphatic carbocycles. The number of aromatic nitrogens is 1. The maximum Gasteiger partial charge on any atom is 0.227 e. The van der Waals surface area contributed by atoms with Crippen LogP contribution < -0.4 is 16.0 Å². The van der Waals surface area contributed by atoms with Crippen molar-refractivity contribution < 1.29 is 4.79 Å². The van der Waals surface area contributed by atoms with E-state index in [0.717, 1.165) is 18.1 Å². The summed E-state index contributed by atoms with van der Waals surface area (Å²) >= 11 is 1.78. The zero-order valence-electron chi connectivity index (χ0n) is 15.3. The molecule has 0 saturated heterocycles. The molecule has 7 heteroatoms. The molecule has 0 saturated carbocycles. The lowest BCUT2D eigenvalue weighted by Gasteiger charge is -2.20. The number of rotatable bonds is 8. The molecule has 6 nitrogen and oxygen atoms in total. The first kappa shape index (κ1) is 20.3. The fraction of sp³-hybridized carbons (Fsp3) is 0.588. The number of amides is 1. The second kappa shape index (κ2) is 10.2. The first-order valence-electron chi connectivity index (χ1n) is 8.16. The number of thioether (sulfide) groups is 1. The van der Waals surface area contributed by atoms with E-state index in [2.05, 4.69) is 46.0 Å². The van der Waals surface area contributed by atoms with Crippen LogP contribution in [-0.2, 0) is 4.79 Å². The smallest absolute Gasteiger partial charge is 0.227 e. The van der Waals surface area contributed by atoms with E-state index in [4.69, 9.17) is 0 Å². The molecular weight excluding hydrogens is 322 g/mol. The van der Waals surface area contributed by atoms with Crippen molar-refractivity contribution in [2.75, 3.05) is 31.2 Å². The van der Waals surface area contributed by atoms with Gasteiger partial charge in [0.15, 0.2) is 5.96 Å². The lowest BCUT2D eigenvalue weighted by atomic mass is 10.2. The molecule has 0 bridgehead atoms. The van der Waals surface area contributed by atoms with E-state index in [1.54, 1.807) is 24.0 Å². The number of carbonyl (C=O) groups is 1. The topological polar surface area (TPSA) is 78.4 Å². The van der Waals surface area contributed by atoms with Crippen molar-refractivity contribution in [2.45, 2.75) is 38.9 Å². The molecular formula is C17H29N5OS. The molecule has 0 aliphatic heterocycles. The van der Waals surface area contributed by atoms with Crippen molar-refractivity contribution in [2.24, 2.45) is 4.99 Å². The van der Waals surface area contributed by atoms with Crippen LogP contribution in [0.4, 0.5) is 5.82 Å². The summed E-state index contributed by atoms with van der Waals surface area (Å²) in [5.74, 6) is 1.24. The van der Waals surface area contributed by atoms with Gasteiger partial charge in [0.1, 0.15) is 5.82 Å². The highest BCUT2D eigenvalue weighted by atomic mass is 32.2. The summed E-state index contributed by atoms with van der Waals surface area (Å²) in [5, 5.41) is 9.17. The van der Waals surface area contributed by atoms with Crippen molar-refractivity contribution in [1.29, 1.82) is 0 Å². The van der Waals surface area contributed by atoms with Gasteiger partial charge in [-0.25, -0.2) is 4.98 Å². The third kappa shape index (κ3) is 8.19. The maximum absolute atomic E-state index is 11.9. The van der Waals surface area contributed by atoms with E-state index in [1.807, 2.05) is 19.9 Å². The number of carbonyl (C=O) groups excluding carboxylic acids is 1. The standard InChI is InChI=1S/C17H29N5OS/c1-6-18-16(21-12-17(3,4)24-5)19-10-9-15(23)22-14-8-7-13(2)11-20-14/h7-8,11H,6,9-10,12H2,1-5H3,(H2,18,19,21)(H,20,22,23). The van der Waals surface area contributed by atoms with E-state index < -0.39 is 0 Å². The average Bonchev–Trinajstić information content (AvgIpc) is 2.55. The number of nitrogens with one attached hydrogen (secondary N) is 3. The quantitative estimate of drug-likeness (QED) is 0.495. The number of nitrogens with zero attached hydrogens (tertiary/aromatic N) is 2. The Kier molecular flexibility index (Phi) is 8.60. The average molecular weight is 352 g/mol. The molecule has 1 amide bonds. The SMILES string of the molecule is CCNC(=NCC(C)(C)SC)NCCC(=O)Nc1ccc(C)cn1. The molecule has 134 valence electrons. The summed E-state index contributed by atoms with van der Waals surface area (Å²) in [6, 6.07) is 3.72. The Morgan fingerprint density at radius 3 is 2.67 bits per heavy atom. The minimum atomic E-state index is -0.0702. The molecule has 0 aliphatic rings. The molecule has 1 aromatic rings. The fourth-order valence-electron chi connectivity index (χ4n) is 1.72. The van der Waals surface area contributed by atoms with Crippen LogP contribution in [0.2, 0.25) is 0 Å². The molecule has 0 spiro atoms. The van der Waals surface area contributed by atoms with Gasteiger partial charge in [-0.3, -0.25) is 9.79 Å². The van der Waals surface area contributed by atoms with Gasteiger partial charge in [-0.15, -0.1) is 0 Å². The van der Waals surface area contributed by atoms with Gasteiger partial charge in [0.2, 0.25) is 5.91 Å². The predicted molar refractivity (Wildman–Crippen MR) is 104 cm³/mol. The highest BCUT2D eigenvalue weighted by Crippen LogP contribution is 2.20. The van der Waals surface area contributed by atoms with Crippen molar-refractivity contribution in [1.82, 2.24) is 15.6 Å². The fourth-order valence-corrected chi connectivity index (χ4v) is 1.91. The molecule has 0 aromatic carbocycles. The summed E-state index contributed by atoms with van der Waals surface area (Å²) in [5.41, 5.74) is 1.06. The van der Waals surface area contributed by atoms with E-state index >= 15 is 0 Å². The van der Waals surface area contributed by atoms with Gasteiger partial charge in [0.25, 0.3) is 0 Å². The van der Waals surface area contributed by atoms with Crippen LogP contribution in [0.5, 0.6) is 0 Å². The summed E-state index contributed by atoms with van der Waals surface area (Å²) < 4.78 is 0.0941. The second-order valence-electron chi connectivity index (χ2n) is 6.10. The molecule has 3 N–H and O–H groups in total. The Morgan fingerprint density at radius 2 is 2.08 bits per heavy atom. The van der Waals surface area contributed by atoms with Crippen molar-refractivity contribution >= 4 is 29.4 Å². The van der Waals surface area contributed by atoms with Crippen LogP contribution in [0, 0.1) is 6.92 Å². The summed E-state index contributed by atoms with van der Waals surface area (Å²) in [6.45, 7) is 10.3. The van der Waals surface area contributed by atoms with Gasteiger partial charge in [0, 0.05) is 30.5 Å². The molecule has 24 heavy (non-hydrogen) atoms. The van der Waals surface area contributed by atoms with Gasteiger partial charge in [-0.2, -0.15) is 11.8 Å². The second-order valence-corrected chi connectivity index (χ2v) is 7.62. The van der Waals surface area contributed by atoms with Crippen LogP contribution in [0.1, 0.15) is 32.8 Å². The number of anilines is 1. The number of aliphatic imine (C=N–C) groups is 1. The number of aryl methyl sites for hydroxylation is 1. The van der Waals surface area contributed by atoms with Gasteiger partial charge < -0.3 is 16.0 Å². The Bertz CT molecular complexity index is 542. The van der Waals surface area contributed by atoms with Crippen molar-refractivity contribution in [3.05, 3.63) is 23.9 Å². The van der Waals surface area contributed by atoms with Crippen LogP contribution in [0.25, 0.3) is 0 Å². The normalized spacial score (nSPS) is 12.0. The Morgan fingerprint density at radius 1 is 1.33 bits per heavy atom. The molecule has 0 unspecified atom stereocenters. The molecule has 0 atom stereocenters. The predicted octanol–water partition coefficient (Wildman–Crippen LogP) is 2.42. The van der Waals surface area contributed by atoms with E-state index in [1.165, 1.54) is 0 Å². The number of hydrogen-bond acceptors (Lipinski definition) is 4. The van der Waals surface area contributed by atoms with Gasteiger partial charge in [-0.05, 0) is 45.6 Å². The summed E-state index contributed by atoms with van der Waals surface area (Å²) in [6.07, 6.45) is 4.17. The lowest BCUT2D eigenvalue weighted by Crippen LogP contribution is -2.39. The Balaban J connectivity index is 2.42. The maximum atomic E-state index is 11.9. The third-order valence-corrected chi connectivity index (χ3v) is 4.57. The minimum absolute atomic E-state index is 0.0702. The van der Waals surface area contributed by atoms with Gasteiger partial charge in [0.05, 0.1) is 6.54 Å². The molecule has 0 fully saturated rings. The monoisotopic (exact) mass is 351 g/mol. The first-order valence-corrected chi connectivity index (χ1v) is 9.38. The zero-order valence-corrected chi connectivity index (χ0v) is 16.1. The van der Waals surface area contributed by atoms with Crippen LogP contribution in [0.3, 0.4) is 0 Å². The number of pyridine rings is 1. The van der Waals surface area contributed by atoms with Crippen LogP contribution >= 0.6 is 11.8 Å². The largest absolute Gasteiger partial charge is 0.357 e. The molecule has 0 radical (unpaired) electrons. The number of guanidine groups is 1. The molecule has 1 rings (SSSR count). The zero-order chi connectivity index (χ0) is 18.0. The van der Waals surface area contributed by atoms with Crippen molar-refractivity contribution in [3.63, 3.8) is 0 Å². The third-order valence-electron chi connectivity index (χ3n) is 3.34. The van der Waals surface area contributed by atoms with E-state index in [0.29, 0.717) is 25.3 Å². The Labute approximate surface area is 149 Å². The first-order chi connectivity index (χ1) is 11.4. The summed E-state index contributed by atoms with van der Waals surface area (Å²) in [4.78, 5) is 20.7. The van der Waals surface area contributed by atoms with E-state index in [-0.39, 0.29) is 10.7 Å². The molecule has 1 aromatic heterocycles. The highest BCUT2D eigenvalue weighted by Gasteiger charge is 2.15. The number of hydrogen-bond donors (Lipinski definition) is 3.